The van der Waals surface area contributed by atoms with Crippen molar-refractivity contribution >= 4 is 11.9 Å². The highest BCUT2D eigenvalue weighted by atomic mass is 16.5. The molecule has 1 aliphatic rings. The highest BCUT2D eigenvalue weighted by Gasteiger charge is 2.28. The summed E-state index contributed by atoms with van der Waals surface area (Å²) in [5, 5.41) is 2.99. The molecule has 26 heavy (non-hydrogen) atoms. The lowest BCUT2D eigenvalue weighted by Gasteiger charge is -2.34. The van der Waals surface area contributed by atoms with Crippen LogP contribution in [0, 0.1) is 11.8 Å². The number of hydrogen-bond acceptors (Lipinski definition) is 5. The molecule has 3 unspecified atom stereocenters. The van der Waals surface area contributed by atoms with Gasteiger partial charge in [0.1, 0.15) is 11.5 Å². The van der Waals surface area contributed by atoms with Gasteiger partial charge in [-0.05, 0) is 42.5 Å². The van der Waals surface area contributed by atoms with Crippen LogP contribution in [0.2, 0.25) is 0 Å². The van der Waals surface area contributed by atoms with E-state index in [1.165, 1.54) is 6.42 Å². The summed E-state index contributed by atoms with van der Waals surface area (Å²) in [6.07, 6.45) is 3.41. The van der Waals surface area contributed by atoms with Crippen molar-refractivity contribution in [1.82, 2.24) is 5.32 Å². The molecule has 1 fully saturated rings. The van der Waals surface area contributed by atoms with Gasteiger partial charge in [0, 0.05) is 6.04 Å². The molecule has 0 aliphatic heterocycles. The van der Waals surface area contributed by atoms with Gasteiger partial charge in [-0.1, -0.05) is 26.7 Å². The molecule has 3 atom stereocenters. The van der Waals surface area contributed by atoms with E-state index in [1.807, 2.05) is 0 Å². The number of rotatable bonds is 8. The average Bonchev–Trinajstić information content (AvgIpc) is 2.64. The zero-order valence-corrected chi connectivity index (χ0v) is 15.8. The van der Waals surface area contributed by atoms with E-state index in [0.717, 1.165) is 18.6 Å². The Hall–Kier alpha value is -2.24. The van der Waals surface area contributed by atoms with Gasteiger partial charge in [0.2, 0.25) is 0 Å². The molecule has 0 aromatic heterocycles. The smallest absolute Gasteiger partial charge is 0.309 e. The topological polar surface area (TPSA) is 73.9 Å². The number of esters is 1. The molecule has 1 amide bonds. The van der Waals surface area contributed by atoms with Crippen LogP contribution in [0.15, 0.2) is 24.3 Å². The zero-order chi connectivity index (χ0) is 18.9. The summed E-state index contributed by atoms with van der Waals surface area (Å²) < 4.78 is 15.6. The van der Waals surface area contributed by atoms with Crippen molar-refractivity contribution in [3.63, 3.8) is 0 Å². The minimum Gasteiger partial charge on any atom is -0.497 e. The molecule has 0 bridgehead atoms. The summed E-state index contributed by atoms with van der Waals surface area (Å²) in [5.74, 6) is 1.76. The molecule has 0 spiro atoms. The molecule has 2 rings (SSSR count). The maximum absolute atomic E-state index is 12.0. The molecule has 1 aromatic carbocycles. The van der Waals surface area contributed by atoms with Gasteiger partial charge in [-0.2, -0.15) is 0 Å². The van der Waals surface area contributed by atoms with Crippen LogP contribution in [0.25, 0.3) is 0 Å². The van der Waals surface area contributed by atoms with Gasteiger partial charge >= 0.3 is 5.97 Å². The van der Waals surface area contributed by atoms with Crippen LogP contribution in [-0.2, 0) is 14.3 Å². The van der Waals surface area contributed by atoms with Crippen molar-refractivity contribution in [2.24, 2.45) is 11.8 Å². The van der Waals surface area contributed by atoms with Crippen LogP contribution >= 0.6 is 0 Å². The van der Waals surface area contributed by atoms with E-state index in [1.54, 1.807) is 31.4 Å². The molecular formula is C20H29NO5. The molecule has 0 saturated heterocycles. The molecule has 1 saturated carbocycles. The van der Waals surface area contributed by atoms with Gasteiger partial charge < -0.3 is 19.5 Å². The summed E-state index contributed by atoms with van der Waals surface area (Å²) in [7, 11) is 1.59. The van der Waals surface area contributed by atoms with Crippen LogP contribution in [0.5, 0.6) is 11.5 Å². The van der Waals surface area contributed by atoms with E-state index < -0.39 is 5.97 Å². The summed E-state index contributed by atoms with van der Waals surface area (Å²) in [6.45, 7) is 4.34. The van der Waals surface area contributed by atoms with E-state index in [9.17, 15) is 9.59 Å². The van der Waals surface area contributed by atoms with Gasteiger partial charge in [0.05, 0.1) is 20.1 Å². The van der Waals surface area contributed by atoms with E-state index >= 15 is 0 Å². The van der Waals surface area contributed by atoms with Crippen molar-refractivity contribution in [2.45, 2.75) is 45.6 Å². The van der Waals surface area contributed by atoms with Crippen molar-refractivity contribution in [2.75, 3.05) is 20.3 Å². The van der Waals surface area contributed by atoms with E-state index in [0.29, 0.717) is 17.6 Å². The third-order valence-electron chi connectivity index (χ3n) is 5.05. The quantitative estimate of drug-likeness (QED) is 0.719. The fourth-order valence-corrected chi connectivity index (χ4v) is 3.18. The molecule has 1 aliphatic carbocycles. The lowest BCUT2D eigenvalue weighted by molar-refractivity contribution is -0.149. The minimum absolute atomic E-state index is 0.0934. The molecular weight excluding hydrogens is 334 g/mol. The molecule has 0 heterocycles. The van der Waals surface area contributed by atoms with Crippen molar-refractivity contribution in [1.29, 1.82) is 0 Å². The third kappa shape index (κ3) is 6.24. The number of methoxy groups -OCH3 is 1. The molecule has 0 radical (unpaired) electrons. The molecule has 6 heteroatoms. The number of amides is 1. The summed E-state index contributed by atoms with van der Waals surface area (Å²) >= 11 is 0. The second-order valence-corrected chi connectivity index (χ2v) is 6.88. The minimum atomic E-state index is -0.446. The fourth-order valence-electron chi connectivity index (χ4n) is 3.18. The van der Waals surface area contributed by atoms with Gasteiger partial charge in [-0.3, -0.25) is 9.59 Å². The Morgan fingerprint density at radius 3 is 2.50 bits per heavy atom. The Bertz CT molecular complexity index is 586. The predicted molar refractivity (Wildman–Crippen MR) is 98.2 cm³/mol. The number of carbonyl (C=O) groups is 2. The number of ether oxygens (including phenoxy) is 3. The van der Waals surface area contributed by atoms with Crippen molar-refractivity contribution in [3.05, 3.63) is 24.3 Å². The van der Waals surface area contributed by atoms with E-state index in [-0.39, 0.29) is 31.6 Å². The normalized spacial score (nSPS) is 22.3. The van der Waals surface area contributed by atoms with Crippen LogP contribution in [0.1, 0.15) is 39.5 Å². The first-order valence-corrected chi connectivity index (χ1v) is 9.21. The number of carbonyl (C=O) groups excluding carboxylic acids is 2. The van der Waals surface area contributed by atoms with Crippen LogP contribution in [-0.4, -0.2) is 38.2 Å². The predicted octanol–water partition coefficient (Wildman–Crippen LogP) is 2.95. The first-order chi connectivity index (χ1) is 12.5. The van der Waals surface area contributed by atoms with E-state index in [2.05, 4.69) is 19.2 Å². The van der Waals surface area contributed by atoms with E-state index in [4.69, 9.17) is 14.2 Å². The Kier molecular flexibility index (Phi) is 7.75. The van der Waals surface area contributed by atoms with Crippen LogP contribution < -0.4 is 14.8 Å². The highest BCUT2D eigenvalue weighted by molar-refractivity contribution is 5.80. The Balaban J connectivity index is 1.62. The average molecular weight is 363 g/mol. The van der Waals surface area contributed by atoms with Gasteiger partial charge in [-0.25, -0.2) is 0 Å². The van der Waals surface area contributed by atoms with Crippen LogP contribution in [0.3, 0.4) is 0 Å². The van der Waals surface area contributed by atoms with Gasteiger partial charge in [0.15, 0.2) is 6.61 Å². The summed E-state index contributed by atoms with van der Waals surface area (Å²) in [6, 6.07) is 7.27. The Labute approximate surface area is 155 Å². The standard InChI is InChI=1S/C20H29NO5/c1-14-5-4-6-18(15(14)2)21-19(22)13-26-20(23)11-12-25-17-9-7-16(24-3)8-10-17/h7-10,14-15,18H,4-6,11-13H2,1-3H3,(H,21,22). The summed E-state index contributed by atoms with van der Waals surface area (Å²) in [5.41, 5.74) is 0. The number of nitrogens with one attached hydrogen (secondary N) is 1. The first-order valence-electron chi connectivity index (χ1n) is 9.21. The molecule has 1 aromatic rings. The lowest BCUT2D eigenvalue weighted by atomic mass is 9.78. The fraction of sp³-hybridized carbons (Fsp3) is 0.600. The summed E-state index contributed by atoms with van der Waals surface area (Å²) in [4.78, 5) is 23.7. The number of benzene rings is 1. The Morgan fingerprint density at radius 1 is 1.12 bits per heavy atom. The number of hydrogen-bond donors (Lipinski definition) is 1. The maximum atomic E-state index is 12.0. The third-order valence-corrected chi connectivity index (χ3v) is 5.05. The maximum Gasteiger partial charge on any atom is 0.309 e. The molecule has 6 nitrogen and oxygen atoms in total. The Morgan fingerprint density at radius 2 is 1.81 bits per heavy atom. The molecule has 144 valence electrons. The highest BCUT2D eigenvalue weighted by Crippen LogP contribution is 2.29. The molecule has 1 N–H and O–H groups in total. The SMILES string of the molecule is COc1ccc(OCCC(=O)OCC(=O)NC2CCCC(C)C2C)cc1. The second-order valence-electron chi connectivity index (χ2n) is 6.88. The van der Waals surface area contributed by atoms with Gasteiger partial charge in [0.25, 0.3) is 5.91 Å². The monoisotopic (exact) mass is 363 g/mol. The largest absolute Gasteiger partial charge is 0.497 e. The van der Waals surface area contributed by atoms with Crippen LogP contribution in [0.4, 0.5) is 0 Å². The van der Waals surface area contributed by atoms with Gasteiger partial charge in [-0.15, -0.1) is 0 Å². The van der Waals surface area contributed by atoms with Crippen molar-refractivity contribution in [3.8, 4) is 11.5 Å². The lowest BCUT2D eigenvalue weighted by Crippen LogP contribution is -2.45. The second kappa shape index (κ2) is 10.0. The zero-order valence-electron chi connectivity index (χ0n) is 15.8. The van der Waals surface area contributed by atoms with Crippen molar-refractivity contribution < 1.29 is 23.8 Å². The first kappa shape index (κ1) is 20.1.